The van der Waals surface area contributed by atoms with Gasteiger partial charge in [-0.25, -0.2) is 13.4 Å². The Hall–Kier alpha value is -2.44. The highest BCUT2D eigenvalue weighted by atomic mass is 32.2. The molecule has 1 atom stereocenters. The Balaban J connectivity index is 1.33. The number of nitrogens with zero attached hydrogens (tertiary/aromatic N) is 4. The first-order valence-electron chi connectivity index (χ1n) is 13.4. The molecule has 2 aromatic rings. The summed E-state index contributed by atoms with van der Waals surface area (Å²) in [4.78, 5) is 12.3. The van der Waals surface area contributed by atoms with Gasteiger partial charge in [-0.05, 0) is 94.8 Å². The summed E-state index contributed by atoms with van der Waals surface area (Å²) in [5.41, 5.74) is 0.432. The number of methoxy groups -OCH3 is 1. The Morgan fingerprint density at radius 2 is 1.87 bits per heavy atom. The predicted molar refractivity (Wildman–Crippen MR) is 143 cm³/mol. The Bertz CT molecular complexity index is 1300. The van der Waals surface area contributed by atoms with Crippen LogP contribution in [0.25, 0.3) is 0 Å². The predicted octanol–water partition coefficient (Wildman–Crippen LogP) is 4.81. The zero-order chi connectivity index (χ0) is 28.0. The molecule has 3 aliphatic rings. The van der Waals surface area contributed by atoms with Crippen molar-refractivity contribution in [3.05, 3.63) is 35.5 Å². The van der Waals surface area contributed by atoms with Gasteiger partial charge in [0.05, 0.1) is 16.2 Å². The van der Waals surface area contributed by atoms with Crippen molar-refractivity contribution < 1.29 is 26.3 Å². The molecule has 39 heavy (non-hydrogen) atoms. The number of sulfone groups is 1. The van der Waals surface area contributed by atoms with Crippen molar-refractivity contribution in [2.45, 2.75) is 67.9 Å². The summed E-state index contributed by atoms with van der Waals surface area (Å²) in [6.07, 6.45) is 0.961. The molecule has 1 spiro atoms. The first-order chi connectivity index (χ1) is 18.4. The highest BCUT2D eigenvalue weighted by molar-refractivity contribution is 7.92. The van der Waals surface area contributed by atoms with Gasteiger partial charge in [0.1, 0.15) is 11.4 Å². The molecular weight excluding hydrogens is 531 g/mol. The number of aromatic nitrogens is 2. The minimum Gasteiger partial charge on any atom is -0.380 e. The number of hydrogen-bond acceptors (Lipinski definition) is 8. The van der Waals surface area contributed by atoms with E-state index in [1.807, 2.05) is 0 Å². The van der Waals surface area contributed by atoms with Gasteiger partial charge >= 0.3 is 6.18 Å². The summed E-state index contributed by atoms with van der Waals surface area (Å²) >= 11 is 0. The van der Waals surface area contributed by atoms with Crippen molar-refractivity contribution >= 4 is 27.3 Å². The van der Waals surface area contributed by atoms with E-state index >= 15 is 0 Å². The third-order valence-corrected chi connectivity index (χ3v) is 10.8. The van der Waals surface area contributed by atoms with Gasteiger partial charge in [0, 0.05) is 32.1 Å². The number of benzene rings is 1. The molecule has 1 unspecified atom stereocenters. The lowest BCUT2D eigenvalue weighted by atomic mass is 9.63. The average molecular weight is 568 g/mol. The molecule has 5 rings (SSSR count). The van der Waals surface area contributed by atoms with Crippen LogP contribution in [0.15, 0.2) is 29.3 Å². The lowest BCUT2D eigenvalue weighted by Gasteiger charge is -2.51. The average Bonchev–Trinajstić information content (AvgIpc) is 2.88. The van der Waals surface area contributed by atoms with Gasteiger partial charge in [0.15, 0.2) is 9.84 Å². The van der Waals surface area contributed by atoms with Crippen molar-refractivity contribution in [1.82, 2.24) is 14.9 Å². The molecule has 214 valence electrons. The minimum absolute atomic E-state index is 0.0134. The number of ether oxygens (including phenoxy) is 1. The van der Waals surface area contributed by atoms with E-state index in [2.05, 4.69) is 27.2 Å². The van der Waals surface area contributed by atoms with Crippen LogP contribution >= 0.6 is 0 Å². The van der Waals surface area contributed by atoms with Crippen LogP contribution in [0.1, 0.15) is 49.7 Å². The van der Waals surface area contributed by atoms with Crippen molar-refractivity contribution in [3.63, 3.8) is 0 Å². The summed E-state index contributed by atoms with van der Waals surface area (Å²) in [5.74, 6) is -0.175. The maximum absolute atomic E-state index is 13.8. The molecule has 12 heteroatoms. The van der Waals surface area contributed by atoms with Crippen LogP contribution in [-0.4, -0.2) is 75.0 Å². The smallest absolute Gasteiger partial charge is 0.380 e. The summed E-state index contributed by atoms with van der Waals surface area (Å²) < 4.78 is 73.4. The van der Waals surface area contributed by atoms with Crippen LogP contribution in [-0.2, 0) is 20.8 Å². The molecule has 1 aromatic carbocycles. The zero-order valence-electron chi connectivity index (χ0n) is 22.6. The normalized spacial score (nSPS) is 22.6. The first kappa shape index (κ1) is 28.1. The molecule has 0 amide bonds. The minimum atomic E-state index is -4.60. The molecule has 1 saturated carbocycles. The van der Waals surface area contributed by atoms with E-state index in [4.69, 9.17) is 4.74 Å². The maximum atomic E-state index is 13.8. The van der Waals surface area contributed by atoms with E-state index in [-0.39, 0.29) is 33.4 Å². The Morgan fingerprint density at radius 3 is 2.51 bits per heavy atom. The van der Waals surface area contributed by atoms with Crippen LogP contribution in [0.2, 0.25) is 0 Å². The maximum Gasteiger partial charge on any atom is 0.421 e. The van der Waals surface area contributed by atoms with Crippen LogP contribution in [0, 0.1) is 12.3 Å². The van der Waals surface area contributed by atoms with Crippen molar-refractivity contribution in [2.75, 3.05) is 50.6 Å². The third kappa shape index (κ3) is 5.74. The fourth-order valence-electron chi connectivity index (χ4n) is 6.09. The largest absolute Gasteiger partial charge is 0.421 e. The number of likely N-dealkylation sites (tertiary alicyclic amines) is 1. The number of aryl methyl sites for hydroxylation is 1. The van der Waals surface area contributed by atoms with Gasteiger partial charge in [-0.3, -0.25) is 0 Å². The second-order valence-electron chi connectivity index (χ2n) is 11.4. The number of nitrogens with one attached hydrogen (secondary N) is 1. The summed E-state index contributed by atoms with van der Waals surface area (Å²) in [7, 11) is 0.178. The quantitative estimate of drug-likeness (QED) is 0.532. The van der Waals surface area contributed by atoms with Gasteiger partial charge in [-0.1, -0.05) is 0 Å². The molecule has 8 nitrogen and oxygen atoms in total. The molecule has 2 aliphatic heterocycles. The van der Waals surface area contributed by atoms with Crippen LogP contribution in [0.3, 0.4) is 0 Å². The molecule has 1 aliphatic carbocycles. The molecule has 1 N–H and O–H groups in total. The monoisotopic (exact) mass is 567 g/mol. The molecule has 0 bridgehead atoms. The Morgan fingerprint density at radius 1 is 1.15 bits per heavy atom. The number of alkyl halides is 3. The van der Waals surface area contributed by atoms with E-state index in [1.54, 1.807) is 37.1 Å². The summed E-state index contributed by atoms with van der Waals surface area (Å²) in [6.45, 7) is 4.51. The zero-order valence-corrected chi connectivity index (χ0v) is 23.4. The standard InChI is InChI=1S/C27H36F3N5O3S/c1-18-13-20(39(36,37)21-14-26(15-21)8-11-34(2)12-9-26)6-7-23(18)32-25-31-16-22(27(28,29)30)24(33-25)35-10-4-5-19(17-35)38-3/h6-7,13,16,19,21H,4-5,8-12,14-15,17H2,1-3H3,(H,31,32,33). The van der Waals surface area contributed by atoms with Crippen LogP contribution in [0.4, 0.5) is 30.6 Å². The van der Waals surface area contributed by atoms with Gasteiger partial charge in [-0.2, -0.15) is 18.2 Å². The number of hydrogen-bond donors (Lipinski definition) is 1. The fraction of sp³-hybridized carbons (Fsp3) is 0.630. The molecule has 1 aromatic heterocycles. The van der Waals surface area contributed by atoms with Gasteiger partial charge in [0.2, 0.25) is 5.95 Å². The Labute approximate surface area is 227 Å². The molecule has 0 radical (unpaired) electrons. The molecular formula is C27H36F3N5O3S. The Kier molecular flexibility index (Phi) is 7.58. The van der Waals surface area contributed by atoms with Crippen molar-refractivity contribution in [3.8, 4) is 0 Å². The van der Waals surface area contributed by atoms with Crippen LogP contribution in [0.5, 0.6) is 0 Å². The van der Waals surface area contributed by atoms with Gasteiger partial charge in [-0.15, -0.1) is 0 Å². The third-order valence-electron chi connectivity index (χ3n) is 8.67. The molecule has 3 fully saturated rings. The highest BCUT2D eigenvalue weighted by Crippen LogP contribution is 2.52. The number of anilines is 3. The summed E-state index contributed by atoms with van der Waals surface area (Å²) in [6, 6.07) is 4.81. The van der Waals surface area contributed by atoms with E-state index in [1.165, 1.54) is 0 Å². The lowest BCUT2D eigenvalue weighted by Crippen LogP contribution is -2.50. The SMILES string of the molecule is COC1CCCN(c2nc(Nc3ccc(S(=O)(=O)C4CC5(CCN(C)CC5)C4)cc3C)ncc2C(F)(F)F)C1. The number of piperidine rings is 2. The van der Waals surface area contributed by atoms with Crippen LogP contribution < -0.4 is 10.2 Å². The number of rotatable bonds is 6. The molecule has 3 heterocycles. The fourth-order valence-corrected chi connectivity index (χ4v) is 8.22. The van der Waals surface area contributed by atoms with E-state index < -0.39 is 21.6 Å². The van der Waals surface area contributed by atoms with Crippen molar-refractivity contribution in [1.29, 1.82) is 0 Å². The molecule has 2 saturated heterocycles. The lowest BCUT2D eigenvalue weighted by molar-refractivity contribution is -0.137. The second kappa shape index (κ2) is 10.5. The second-order valence-corrected chi connectivity index (χ2v) is 13.6. The first-order valence-corrected chi connectivity index (χ1v) is 15.0. The van der Waals surface area contributed by atoms with E-state index in [9.17, 15) is 21.6 Å². The topological polar surface area (TPSA) is 87.7 Å². The number of halogens is 3. The highest BCUT2D eigenvalue weighted by Gasteiger charge is 2.50. The van der Waals surface area contributed by atoms with Crippen molar-refractivity contribution in [2.24, 2.45) is 5.41 Å². The van der Waals surface area contributed by atoms with E-state index in [0.29, 0.717) is 43.6 Å². The van der Waals surface area contributed by atoms with E-state index in [0.717, 1.165) is 38.5 Å². The summed E-state index contributed by atoms with van der Waals surface area (Å²) in [5, 5.41) is 2.62. The van der Waals surface area contributed by atoms with Gasteiger partial charge < -0.3 is 19.9 Å². The van der Waals surface area contributed by atoms with Gasteiger partial charge in [0.25, 0.3) is 0 Å².